The Bertz CT molecular complexity index is 405. The molecular weight excluding hydrogens is 220 g/mol. The Morgan fingerprint density at radius 1 is 1.65 bits per heavy atom. The molecule has 96 valence electrons. The van der Waals surface area contributed by atoms with Gasteiger partial charge in [-0.25, -0.2) is 4.68 Å². The fraction of sp³-hybridized carbons (Fsp3) is 0.636. The van der Waals surface area contributed by atoms with Gasteiger partial charge in [0.1, 0.15) is 0 Å². The average Bonchev–Trinajstić information content (AvgIpc) is 2.31. The van der Waals surface area contributed by atoms with Crippen LogP contribution < -0.4 is 16.2 Å². The Hall–Kier alpha value is -1.40. The van der Waals surface area contributed by atoms with E-state index >= 15 is 0 Å². The summed E-state index contributed by atoms with van der Waals surface area (Å²) < 4.78 is 1.22. The fourth-order valence-electron chi connectivity index (χ4n) is 1.51. The van der Waals surface area contributed by atoms with E-state index in [-0.39, 0.29) is 18.6 Å². The number of anilines is 1. The Morgan fingerprint density at radius 2 is 2.35 bits per heavy atom. The minimum atomic E-state index is -0.737. The van der Waals surface area contributed by atoms with Crippen molar-refractivity contribution in [3.05, 3.63) is 22.6 Å². The van der Waals surface area contributed by atoms with E-state index in [1.165, 1.54) is 10.7 Å². The van der Waals surface area contributed by atoms with Crippen molar-refractivity contribution >= 4 is 5.69 Å². The van der Waals surface area contributed by atoms with E-state index < -0.39 is 6.10 Å². The highest BCUT2D eigenvalue weighted by Gasteiger charge is 2.07. The van der Waals surface area contributed by atoms with E-state index in [2.05, 4.69) is 12.0 Å². The van der Waals surface area contributed by atoms with Gasteiger partial charge in [0.05, 0.1) is 24.5 Å². The Kier molecular flexibility index (Phi) is 5.11. The van der Waals surface area contributed by atoms with Crippen molar-refractivity contribution in [2.24, 2.45) is 5.73 Å². The van der Waals surface area contributed by atoms with Crippen LogP contribution in [0.25, 0.3) is 0 Å². The molecule has 6 nitrogen and oxygen atoms in total. The van der Waals surface area contributed by atoms with Crippen LogP contribution in [0.1, 0.15) is 13.3 Å². The number of nitrogens with two attached hydrogens (primary N) is 1. The van der Waals surface area contributed by atoms with Gasteiger partial charge in [-0.3, -0.25) is 4.79 Å². The van der Waals surface area contributed by atoms with E-state index in [4.69, 9.17) is 5.73 Å². The van der Waals surface area contributed by atoms with Gasteiger partial charge >= 0.3 is 0 Å². The normalized spacial score (nSPS) is 12.5. The number of aliphatic hydroxyl groups is 1. The molecule has 0 aliphatic carbocycles. The zero-order chi connectivity index (χ0) is 12.8. The van der Waals surface area contributed by atoms with Gasteiger partial charge in [-0.15, -0.1) is 0 Å². The van der Waals surface area contributed by atoms with Crippen molar-refractivity contribution in [1.29, 1.82) is 0 Å². The molecule has 0 radical (unpaired) electrons. The topological polar surface area (TPSA) is 84.4 Å². The summed E-state index contributed by atoms with van der Waals surface area (Å²) in [5, 5.41) is 13.4. The maximum absolute atomic E-state index is 11.7. The van der Waals surface area contributed by atoms with Crippen molar-refractivity contribution in [3.63, 3.8) is 0 Å². The maximum atomic E-state index is 11.7. The standard InChI is InChI=1S/C11H20N4O2/c1-3-4-14(2)9-5-11(17)15(13-7-9)8-10(16)6-12/h5,7,10,16H,3-4,6,8,12H2,1-2H3. The number of hydrogen-bond donors (Lipinski definition) is 2. The molecule has 0 spiro atoms. The summed E-state index contributed by atoms with van der Waals surface area (Å²) in [5.41, 5.74) is 5.85. The lowest BCUT2D eigenvalue weighted by molar-refractivity contribution is 0.155. The lowest BCUT2D eigenvalue weighted by Gasteiger charge is -2.18. The van der Waals surface area contributed by atoms with Gasteiger partial charge in [-0.1, -0.05) is 6.92 Å². The van der Waals surface area contributed by atoms with Crippen LogP contribution in [-0.2, 0) is 6.54 Å². The first-order valence-electron chi connectivity index (χ1n) is 5.75. The summed E-state index contributed by atoms with van der Waals surface area (Å²) >= 11 is 0. The number of rotatable bonds is 6. The second kappa shape index (κ2) is 6.36. The van der Waals surface area contributed by atoms with Crippen molar-refractivity contribution in [2.45, 2.75) is 26.0 Å². The lowest BCUT2D eigenvalue weighted by atomic mass is 10.3. The number of nitrogens with zero attached hydrogens (tertiary/aromatic N) is 3. The van der Waals surface area contributed by atoms with E-state index in [1.807, 2.05) is 11.9 Å². The van der Waals surface area contributed by atoms with E-state index in [0.29, 0.717) is 0 Å². The first-order valence-corrected chi connectivity index (χ1v) is 5.75. The Balaban J connectivity index is 2.82. The largest absolute Gasteiger partial charge is 0.390 e. The smallest absolute Gasteiger partial charge is 0.268 e. The monoisotopic (exact) mass is 240 g/mol. The molecule has 17 heavy (non-hydrogen) atoms. The van der Waals surface area contributed by atoms with Gasteiger partial charge in [-0.05, 0) is 6.42 Å². The van der Waals surface area contributed by atoms with Crippen molar-refractivity contribution in [1.82, 2.24) is 9.78 Å². The van der Waals surface area contributed by atoms with Gasteiger partial charge in [0.25, 0.3) is 5.56 Å². The van der Waals surface area contributed by atoms with Crippen LogP contribution in [0, 0.1) is 0 Å². The molecule has 1 atom stereocenters. The third-order valence-corrected chi connectivity index (χ3v) is 2.51. The molecule has 3 N–H and O–H groups in total. The van der Waals surface area contributed by atoms with E-state index in [9.17, 15) is 9.90 Å². The van der Waals surface area contributed by atoms with Gasteiger partial charge in [0, 0.05) is 26.2 Å². The predicted octanol–water partition coefficient (Wildman–Crippen LogP) is -0.591. The molecule has 0 aliphatic rings. The van der Waals surface area contributed by atoms with Crippen LogP contribution in [0.15, 0.2) is 17.1 Å². The van der Waals surface area contributed by atoms with Gasteiger partial charge in [0.2, 0.25) is 0 Å². The summed E-state index contributed by atoms with van der Waals surface area (Å²) in [6.45, 7) is 3.19. The van der Waals surface area contributed by atoms with E-state index in [1.54, 1.807) is 6.20 Å². The Morgan fingerprint density at radius 3 is 2.88 bits per heavy atom. The molecule has 0 saturated carbocycles. The quantitative estimate of drug-likeness (QED) is 0.694. The molecule has 1 rings (SSSR count). The van der Waals surface area contributed by atoms with Crippen LogP contribution >= 0.6 is 0 Å². The van der Waals surface area contributed by atoms with Crippen molar-refractivity contribution in [3.8, 4) is 0 Å². The predicted molar refractivity (Wildman–Crippen MR) is 67.1 cm³/mol. The average molecular weight is 240 g/mol. The second-order valence-electron chi connectivity index (χ2n) is 4.05. The third kappa shape index (κ3) is 3.83. The molecule has 0 saturated heterocycles. The summed E-state index contributed by atoms with van der Waals surface area (Å²) in [6.07, 6.45) is 1.89. The highest BCUT2D eigenvalue weighted by atomic mass is 16.3. The molecule has 1 aromatic rings. The lowest BCUT2D eigenvalue weighted by Crippen LogP contribution is -2.33. The molecule has 0 aromatic carbocycles. The molecule has 6 heteroatoms. The van der Waals surface area contributed by atoms with Gasteiger partial charge < -0.3 is 15.7 Å². The molecule has 0 fully saturated rings. The van der Waals surface area contributed by atoms with Crippen LogP contribution in [-0.4, -0.2) is 41.1 Å². The maximum Gasteiger partial charge on any atom is 0.268 e. The number of aromatic nitrogens is 2. The van der Waals surface area contributed by atoms with Gasteiger partial charge in [-0.2, -0.15) is 5.10 Å². The molecule has 1 heterocycles. The molecule has 0 bridgehead atoms. The van der Waals surface area contributed by atoms with Crippen LogP contribution in [0.2, 0.25) is 0 Å². The minimum absolute atomic E-state index is 0.117. The van der Waals surface area contributed by atoms with Gasteiger partial charge in [0.15, 0.2) is 0 Å². The first kappa shape index (κ1) is 13.7. The molecule has 1 unspecified atom stereocenters. The molecular formula is C11H20N4O2. The van der Waals surface area contributed by atoms with Crippen LogP contribution in [0.3, 0.4) is 0 Å². The SMILES string of the molecule is CCCN(C)c1cnn(CC(O)CN)c(=O)c1. The Labute approximate surface area is 101 Å². The molecule has 1 aromatic heterocycles. The zero-order valence-electron chi connectivity index (χ0n) is 10.3. The van der Waals surface area contributed by atoms with Crippen LogP contribution in [0.4, 0.5) is 5.69 Å². The highest BCUT2D eigenvalue weighted by molar-refractivity contribution is 5.41. The summed E-state index contributed by atoms with van der Waals surface area (Å²) in [5.74, 6) is 0. The fourth-order valence-corrected chi connectivity index (χ4v) is 1.51. The minimum Gasteiger partial charge on any atom is -0.390 e. The zero-order valence-corrected chi connectivity index (χ0v) is 10.3. The summed E-state index contributed by atoms with van der Waals surface area (Å²) in [7, 11) is 1.92. The molecule has 0 aliphatic heterocycles. The second-order valence-corrected chi connectivity index (χ2v) is 4.05. The van der Waals surface area contributed by atoms with Crippen LogP contribution in [0.5, 0.6) is 0 Å². The molecule has 0 amide bonds. The van der Waals surface area contributed by atoms with Crippen molar-refractivity contribution < 1.29 is 5.11 Å². The van der Waals surface area contributed by atoms with Crippen molar-refractivity contribution in [2.75, 3.05) is 25.0 Å². The number of aliphatic hydroxyl groups excluding tert-OH is 1. The number of hydrogen-bond acceptors (Lipinski definition) is 5. The summed E-state index contributed by atoms with van der Waals surface area (Å²) in [4.78, 5) is 13.7. The summed E-state index contributed by atoms with van der Waals surface area (Å²) in [6, 6.07) is 1.52. The highest BCUT2D eigenvalue weighted by Crippen LogP contribution is 2.07. The van der Waals surface area contributed by atoms with E-state index in [0.717, 1.165) is 18.7 Å². The first-order chi connectivity index (χ1) is 8.08. The third-order valence-electron chi connectivity index (χ3n) is 2.51.